The van der Waals surface area contributed by atoms with Crippen LogP contribution in [-0.2, 0) is 31.7 Å². The molecule has 2 aliphatic heterocycles. The van der Waals surface area contributed by atoms with Crippen LogP contribution < -0.4 is 0 Å². The molecule has 0 radical (unpaired) electrons. The SMILES string of the molecule is CC1(C)COP(=O)(OC(C2CCCCC2)P2(=O)OCC(C)(C)CO2)OC1. The Morgan fingerprint density at radius 3 is 1.77 bits per heavy atom. The zero-order valence-corrected chi connectivity index (χ0v) is 18.1. The van der Waals surface area contributed by atoms with E-state index in [0.717, 1.165) is 32.1 Å². The topological polar surface area (TPSA) is 80.3 Å². The third-order valence-corrected chi connectivity index (χ3v) is 8.77. The zero-order chi connectivity index (χ0) is 19.1. The van der Waals surface area contributed by atoms with Crippen LogP contribution in [0.1, 0.15) is 59.8 Å². The summed E-state index contributed by atoms with van der Waals surface area (Å²) in [6.07, 6.45) is 4.87. The second-order valence-electron chi connectivity index (χ2n) is 9.30. The average Bonchev–Trinajstić information content (AvgIpc) is 2.60. The van der Waals surface area contributed by atoms with Crippen molar-refractivity contribution in [1.29, 1.82) is 0 Å². The van der Waals surface area contributed by atoms with Gasteiger partial charge in [-0.1, -0.05) is 47.0 Å². The molecule has 1 atom stereocenters. The van der Waals surface area contributed by atoms with E-state index in [1.165, 1.54) is 0 Å². The van der Waals surface area contributed by atoms with Crippen LogP contribution in [0.15, 0.2) is 0 Å². The van der Waals surface area contributed by atoms with Crippen molar-refractivity contribution in [1.82, 2.24) is 0 Å². The van der Waals surface area contributed by atoms with Crippen molar-refractivity contribution in [2.75, 3.05) is 26.4 Å². The number of phosphoric acid groups is 1. The van der Waals surface area contributed by atoms with Gasteiger partial charge >= 0.3 is 15.4 Å². The maximum Gasteiger partial charge on any atom is 0.475 e. The molecule has 0 bridgehead atoms. The molecule has 1 unspecified atom stereocenters. The van der Waals surface area contributed by atoms with E-state index >= 15 is 0 Å². The lowest BCUT2D eigenvalue weighted by atomic mass is 9.90. The lowest BCUT2D eigenvalue weighted by molar-refractivity contribution is -0.0261. The second-order valence-corrected chi connectivity index (χ2v) is 13.0. The van der Waals surface area contributed by atoms with Gasteiger partial charge in [0.2, 0.25) is 0 Å². The smallest absolute Gasteiger partial charge is 0.306 e. The quantitative estimate of drug-likeness (QED) is 0.578. The van der Waals surface area contributed by atoms with Crippen LogP contribution in [0.4, 0.5) is 0 Å². The van der Waals surface area contributed by atoms with Gasteiger partial charge in [-0.2, -0.15) is 0 Å². The van der Waals surface area contributed by atoms with Crippen LogP contribution >= 0.6 is 15.4 Å². The predicted molar refractivity (Wildman–Crippen MR) is 98.0 cm³/mol. The van der Waals surface area contributed by atoms with Crippen LogP contribution in [-0.4, -0.2) is 32.3 Å². The number of hydrogen-bond acceptors (Lipinski definition) is 7. The highest BCUT2D eigenvalue weighted by molar-refractivity contribution is 7.56. The van der Waals surface area contributed by atoms with Crippen molar-refractivity contribution in [3.8, 4) is 0 Å². The third-order valence-electron chi connectivity index (χ3n) is 5.10. The summed E-state index contributed by atoms with van der Waals surface area (Å²) in [6, 6.07) is 0. The Hall–Kier alpha value is 0.260. The van der Waals surface area contributed by atoms with Gasteiger partial charge in [0, 0.05) is 10.8 Å². The summed E-state index contributed by atoms with van der Waals surface area (Å²) < 4.78 is 54.6. The van der Waals surface area contributed by atoms with Crippen LogP contribution in [0.25, 0.3) is 0 Å². The highest BCUT2D eigenvalue weighted by Crippen LogP contribution is 2.67. The molecule has 3 aliphatic rings. The molecule has 0 N–H and O–H groups in total. The lowest BCUT2D eigenvalue weighted by Crippen LogP contribution is -2.37. The molecule has 7 nitrogen and oxygen atoms in total. The van der Waals surface area contributed by atoms with Gasteiger partial charge in [0.1, 0.15) is 0 Å². The summed E-state index contributed by atoms with van der Waals surface area (Å²) in [6.45, 7) is 9.07. The molecule has 0 aromatic rings. The first-order valence-corrected chi connectivity index (χ1v) is 12.6. The molecule has 26 heavy (non-hydrogen) atoms. The number of hydrogen-bond donors (Lipinski definition) is 0. The van der Waals surface area contributed by atoms with Crippen LogP contribution in [0.2, 0.25) is 0 Å². The van der Waals surface area contributed by atoms with E-state index in [1.54, 1.807) is 0 Å². The molecule has 0 aromatic heterocycles. The van der Waals surface area contributed by atoms with E-state index < -0.39 is 21.3 Å². The minimum absolute atomic E-state index is 0.0382. The predicted octanol–water partition coefficient (Wildman–Crippen LogP) is 5.36. The molecule has 1 saturated carbocycles. The summed E-state index contributed by atoms with van der Waals surface area (Å²) in [5.74, 6) is -0.949. The van der Waals surface area contributed by atoms with E-state index in [-0.39, 0.29) is 30.0 Å². The zero-order valence-electron chi connectivity index (χ0n) is 16.3. The lowest BCUT2D eigenvalue weighted by Gasteiger charge is -2.42. The standard InChI is InChI=1S/C17H32O7P2/c1-16(2)10-20-25(18,21-11-16)15(14-8-6-5-7-9-14)24-26(19)22-12-17(3,4)13-23-26/h14-15H,5-13H2,1-4H3. The second kappa shape index (κ2) is 7.59. The largest absolute Gasteiger partial charge is 0.475 e. The summed E-state index contributed by atoms with van der Waals surface area (Å²) in [5, 5.41) is 0. The molecule has 0 spiro atoms. The molecule has 2 saturated heterocycles. The van der Waals surface area contributed by atoms with Crippen molar-refractivity contribution >= 4 is 15.4 Å². The first kappa shape index (κ1) is 21.0. The van der Waals surface area contributed by atoms with E-state index in [2.05, 4.69) is 0 Å². The molecule has 1 aliphatic carbocycles. The average molecular weight is 410 g/mol. The molecule has 3 fully saturated rings. The molecule has 3 rings (SSSR count). The van der Waals surface area contributed by atoms with Crippen molar-refractivity contribution in [3.63, 3.8) is 0 Å². The monoisotopic (exact) mass is 410 g/mol. The molecule has 9 heteroatoms. The van der Waals surface area contributed by atoms with E-state index in [4.69, 9.17) is 22.6 Å². The Bertz CT molecular complexity index is 570. The normalized spacial score (nSPS) is 32.0. The molecule has 0 amide bonds. The highest BCUT2D eigenvalue weighted by atomic mass is 31.2. The first-order chi connectivity index (χ1) is 12.0. The van der Waals surface area contributed by atoms with Gasteiger partial charge in [-0.15, -0.1) is 0 Å². The van der Waals surface area contributed by atoms with Gasteiger partial charge in [0.25, 0.3) is 0 Å². The Balaban J connectivity index is 1.78. The maximum absolute atomic E-state index is 13.5. The summed E-state index contributed by atoms with van der Waals surface area (Å²) >= 11 is 0. The fourth-order valence-electron chi connectivity index (χ4n) is 3.36. The Morgan fingerprint density at radius 1 is 0.808 bits per heavy atom. The first-order valence-electron chi connectivity index (χ1n) is 9.49. The highest BCUT2D eigenvalue weighted by Gasteiger charge is 2.52. The molecule has 2 heterocycles. The van der Waals surface area contributed by atoms with Crippen LogP contribution in [0, 0.1) is 16.7 Å². The van der Waals surface area contributed by atoms with Gasteiger partial charge in [0.15, 0.2) is 5.85 Å². The van der Waals surface area contributed by atoms with Crippen molar-refractivity contribution in [2.45, 2.75) is 65.6 Å². The molecule has 0 aromatic carbocycles. The van der Waals surface area contributed by atoms with Gasteiger partial charge in [-0.3, -0.25) is 18.1 Å². The summed E-state index contributed by atoms with van der Waals surface area (Å²) in [5.41, 5.74) is -0.444. The Kier molecular flexibility index (Phi) is 6.12. The van der Waals surface area contributed by atoms with Gasteiger partial charge < -0.3 is 9.05 Å². The van der Waals surface area contributed by atoms with Gasteiger partial charge in [-0.25, -0.2) is 4.57 Å². The third kappa shape index (κ3) is 5.00. The summed E-state index contributed by atoms with van der Waals surface area (Å²) in [7, 11) is -7.36. The van der Waals surface area contributed by atoms with E-state index in [9.17, 15) is 9.13 Å². The van der Waals surface area contributed by atoms with Gasteiger partial charge in [0.05, 0.1) is 26.4 Å². The number of rotatable bonds is 4. The Morgan fingerprint density at radius 2 is 1.27 bits per heavy atom. The Labute approximate surface area is 156 Å². The minimum Gasteiger partial charge on any atom is -0.306 e. The van der Waals surface area contributed by atoms with E-state index in [0.29, 0.717) is 13.2 Å². The van der Waals surface area contributed by atoms with Crippen LogP contribution in [0.5, 0.6) is 0 Å². The molecular weight excluding hydrogens is 378 g/mol. The fourth-order valence-corrected chi connectivity index (χ4v) is 8.05. The molecular formula is C17H32O7P2. The van der Waals surface area contributed by atoms with E-state index in [1.807, 2.05) is 27.7 Å². The number of phosphoric ester groups is 1. The van der Waals surface area contributed by atoms with Crippen molar-refractivity contribution in [2.24, 2.45) is 16.7 Å². The summed E-state index contributed by atoms with van der Waals surface area (Å²) in [4.78, 5) is 0. The molecule has 152 valence electrons. The van der Waals surface area contributed by atoms with Crippen molar-refractivity contribution in [3.05, 3.63) is 0 Å². The maximum atomic E-state index is 13.5. The fraction of sp³-hybridized carbons (Fsp3) is 1.00. The van der Waals surface area contributed by atoms with Gasteiger partial charge in [-0.05, 0) is 18.8 Å². The van der Waals surface area contributed by atoms with Crippen molar-refractivity contribution < 1.29 is 31.7 Å². The minimum atomic E-state index is -3.79. The van der Waals surface area contributed by atoms with Crippen LogP contribution in [0.3, 0.4) is 0 Å².